The molecule has 1 fully saturated rings. The average Bonchev–Trinajstić information content (AvgIpc) is 3.45. The summed E-state index contributed by atoms with van der Waals surface area (Å²) in [5, 5.41) is 1.62. The van der Waals surface area contributed by atoms with Crippen LogP contribution in [0.25, 0.3) is 0 Å². The molecule has 0 bridgehead atoms. The third-order valence-electron chi connectivity index (χ3n) is 4.07. The Bertz CT molecular complexity index is 854. The molecule has 0 saturated heterocycles. The van der Waals surface area contributed by atoms with Gasteiger partial charge >= 0.3 is 6.18 Å². The number of thioether (sulfide) groups is 1. The molecule has 1 aromatic rings. The van der Waals surface area contributed by atoms with E-state index in [9.17, 15) is 22.8 Å². The van der Waals surface area contributed by atoms with Crippen molar-refractivity contribution in [2.75, 3.05) is 12.8 Å². The van der Waals surface area contributed by atoms with Crippen LogP contribution in [0.15, 0.2) is 44.8 Å². The lowest BCUT2D eigenvalue weighted by atomic mass is 10.1. The van der Waals surface area contributed by atoms with Crippen LogP contribution in [-0.4, -0.2) is 41.2 Å². The lowest BCUT2D eigenvalue weighted by Crippen LogP contribution is -2.31. The van der Waals surface area contributed by atoms with E-state index in [4.69, 9.17) is 5.73 Å². The molecule has 2 amide bonds. The zero-order chi connectivity index (χ0) is 21.8. The molecule has 1 aliphatic carbocycles. The smallest absolute Gasteiger partial charge is 0.397 e. The fourth-order valence-electron chi connectivity index (χ4n) is 2.67. The van der Waals surface area contributed by atoms with Crippen molar-refractivity contribution in [2.24, 2.45) is 11.7 Å². The minimum absolute atomic E-state index is 0.0712. The molecule has 0 aromatic carbocycles. The van der Waals surface area contributed by atoms with Gasteiger partial charge in [-0.2, -0.15) is 13.2 Å². The molecule has 2 rings (SSSR count). The van der Waals surface area contributed by atoms with Crippen LogP contribution in [-0.2, 0) is 4.79 Å². The number of alkyl halides is 3. The summed E-state index contributed by atoms with van der Waals surface area (Å²) < 4.78 is 40.0. The summed E-state index contributed by atoms with van der Waals surface area (Å²) in [6.45, 7) is 1.93. The lowest BCUT2D eigenvalue weighted by Gasteiger charge is -2.23. The number of amides is 2. The van der Waals surface area contributed by atoms with Crippen LogP contribution in [0.4, 0.5) is 13.2 Å². The number of aromatic nitrogens is 1. The molecule has 29 heavy (non-hydrogen) atoms. The van der Waals surface area contributed by atoms with Crippen LogP contribution in [0.1, 0.15) is 30.3 Å². The molecule has 0 unspecified atom stereocenters. The highest BCUT2D eigenvalue weighted by Crippen LogP contribution is 2.40. The lowest BCUT2D eigenvalue weighted by molar-refractivity contribution is -0.116. The molecule has 158 valence electrons. The average molecular weight is 493 g/mol. The first-order valence-corrected chi connectivity index (χ1v) is 10.4. The molecule has 0 atom stereocenters. The van der Waals surface area contributed by atoms with E-state index in [1.54, 1.807) is 11.4 Å². The van der Waals surface area contributed by atoms with E-state index in [0.717, 1.165) is 0 Å². The summed E-state index contributed by atoms with van der Waals surface area (Å²) in [4.78, 5) is 29.7. The fourth-order valence-corrected chi connectivity index (χ4v) is 3.95. The van der Waals surface area contributed by atoms with Crippen molar-refractivity contribution < 1.29 is 22.8 Å². The van der Waals surface area contributed by atoms with Gasteiger partial charge in [-0.15, -0.1) is 11.8 Å². The van der Waals surface area contributed by atoms with Gasteiger partial charge in [-0.25, -0.2) is 4.98 Å². The fraction of sp³-hybridized carbons (Fsp3) is 0.389. The number of rotatable bonds is 8. The zero-order valence-electron chi connectivity index (χ0n) is 15.7. The number of nitrogens with one attached hydrogen (secondary N) is 1. The Morgan fingerprint density at radius 3 is 2.66 bits per heavy atom. The Balaban J connectivity index is 2.46. The number of carbonyl (C=O) groups is 2. The van der Waals surface area contributed by atoms with Crippen LogP contribution < -0.4 is 11.1 Å². The summed E-state index contributed by atoms with van der Waals surface area (Å²) in [7, 11) is 1.46. The number of carbonyl (C=O) groups excluding carboxylic acids is 2. The summed E-state index contributed by atoms with van der Waals surface area (Å²) in [5.41, 5.74) is 4.89. The number of hydrogen-bond donors (Lipinski definition) is 2. The Labute approximate surface area is 178 Å². The Hall–Kier alpha value is -2.01. The molecule has 6 nitrogen and oxygen atoms in total. The quantitative estimate of drug-likeness (QED) is 0.327. The summed E-state index contributed by atoms with van der Waals surface area (Å²) >= 11 is 4.75. The molecule has 0 spiro atoms. The van der Waals surface area contributed by atoms with Gasteiger partial charge in [0, 0.05) is 34.2 Å². The third kappa shape index (κ3) is 5.99. The second-order valence-corrected chi connectivity index (χ2v) is 8.45. The minimum Gasteiger partial charge on any atom is -0.397 e. The van der Waals surface area contributed by atoms with Gasteiger partial charge in [-0.3, -0.25) is 9.59 Å². The van der Waals surface area contributed by atoms with Crippen molar-refractivity contribution in [1.29, 1.82) is 0 Å². The van der Waals surface area contributed by atoms with Crippen molar-refractivity contribution in [3.63, 3.8) is 0 Å². The first kappa shape index (κ1) is 23.3. The molecule has 1 saturated carbocycles. The molecule has 0 aliphatic heterocycles. The van der Waals surface area contributed by atoms with Gasteiger partial charge in [-0.05, 0) is 46.7 Å². The normalized spacial score (nSPS) is 15.6. The maximum absolute atomic E-state index is 13.1. The van der Waals surface area contributed by atoms with Crippen molar-refractivity contribution in [2.45, 2.75) is 30.8 Å². The van der Waals surface area contributed by atoms with Crippen LogP contribution in [0, 0.1) is 5.92 Å². The molecule has 1 heterocycles. The third-order valence-corrected chi connectivity index (χ3v) is 5.41. The summed E-state index contributed by atoms with van der Waals surface area (Å²) in [6, 6.07) is 1.77. The molecule has 0 radical (unpaired) electrons. The largest absolute Gasteiger partial charge is 0.431 e. The molecular weight excluding hydrogens is 473 g/mol. The topological polar surface area (TPSA) is 88.3 Å². The van der Waals surface area contributed by atoms with Gasteiger partial charge in [0.15, 0.2) is 0 Å². The van der Waals surface area contributed by atoms with Crippen molar-refractivity contribution in [3.05, 3.63) is 45.6 Å². The maximum Gasteiger partial charge on any atom is 0.431 e. The van der Waals surface area contributed by atoms with Crippen LogP contribution >= 0.6 is 27.7 Å². The van der Waals surface area contributed by atoms with Gasteiger partial charge in [0.05, 0.1) is 5.70 Å². The number of nitrogens with two attached hydrogens (primary N) is 1. The highest BCUT2D eigenvalue weighted by atomic mass is 79.9. The number of halogens is 4. The van der Waals surface area contributed by atoms with Crippen molar-refractivity contribution >= 4 is 40.0 Å². The standard InChI is InChI=1S/C18H20BrF3N4O2S/c1-3-29-13-6-11(19)8-24-15(13)17(28)26(2)16(10-4-5-10)12(23)7-14(25-9-27)18(20,21)22/h6-10H,3-5,23H2,1-2H3,(H,25,27)/b14-7-,16-12-. The minimum atomic E-state index is -4.79. The zero-order valence-corrected chi connectivity index (χ0v) is 18.1. The number of nitrogens with zero attached hydrogens (tertiary/aromatic N) is 2. The highest BCUT2D eigenvalue weighted by molar-refractivity contribution is 9.10. The maximum atomic E-state index is 13.1. The van der Waals surface area contributed by atoms with E-state index in [2.05, 4.69) is 20.9 Å². The SMILES string of the molecule is CCSc1cc(Br)cnc1C(=O)N(C)/C(=C(N)/C=C(\NC=O)C(F)(F)F)C1CC1. The molecule has 3 N–H and O–H groups in total. The Morgan fingerprint density at radius 2 is 2.14 bits per heavy atom. The predicted molar refractivity (Wildman–Crippen MR) is 108 cm³/mol. The number of allylic oxidation sites excluding steroid dienone is 3. The van der Waals surface area contributed by atoms with E-state index in [-0.39, 0.29) is 29.4 Å². The molecule has 1 aliphatic rings. The first-order chi connectivity index (χ1) is 13.6. The van der Waals surface area contributed by atoms with E-state index >= 15 is 0 Å². The summed E-state index contributed by atoms with van der Waals surface area (Å²) in [6.07, 6.45) is -1.33. The molecular formula is C18H20BrF3N4O2S. The first-order valence-electron chi connectivity index (χ1n) is 8.65. The highest BCUT2D eigenvalue weighted by Gasteiger charge is 2.37. The Morgan fingerprint density at radius 1 is 1.48 bits per heavy atom. The second-order valence-electron chi connectivity index (χ2n) is 6.23. The summed E-state index contributed by atoms with van der Waals surface area (Å²) in [5.74, 6) is 0.109. The van der Waals surface area contributed by atoms with E-state index in [1.807, 2.05) is 6.92 Å². The number of hydrogen-bond acceptors (Lipinski definition) is 5. The number of pyridine rings is 1. The van der Waals surface area contributed by atoms with Gasteiger partial charge in [0.2, 0.25) is 6.41 Å². The monoisotopic (exact) mass is 492 g/mol. The van der Waals surface area contributed by atoms with Crippen molar-refractivity contribution in [1.82, 2.24) is 15.2 Å². The Kier molecular flexibility index (Phi) is 7.75. The van der Waals surface area contributed by atoms with E-state index < -0.39 is 17.8 Å². The van der Waals surface area contributed by atoms with Crippen LogP contribution in [0.3, 0.4) is 0 Å². The van der Waals surface area contributed by atoms with E-state index in [0.29, 0.717) is 34.0 Å². The molecule has 11 heteroatoms. The predicted octanol–water partition coefficient (Wildman–Crippen LogP) is 3.80. The van der Waals surface area contributed by atoms with Gasteiger partial charge in [-0.1, -0.05) is 6.92 Å². The molecule has 1 aromatic heterocycles. The van der Waals surface area contributed by atoms with Gasteiger partial charge < -0.3 is 16.0 Å². The van der Waals surface area contributed by atoms with Crippen LogP contribution in [0.2, 0.25) is 0 Å². The second kappa shape index (κ2) is 9.66. The van der Waals surface area contributed by atoms with Gasteiger partial charge in [0.25, 0.3) is 5.91 Å². The van der Waals surface area contributed by atoms with Crippen molar-refractivity contribution in [3.8, 4) is 0 Å². The van der Waals surface area contributed by atoms with E-state index in [1.165, 1.54) is 29.9 Å². The van der Waals surface area contributed by atoms with Gasteiger partial charge in [0.1, 0.15) is 11.4 Å². The van der Waals surface area contributed by atoms with Crippen LogP contribution in [0.5, 0.6) is 0 Å².